The maximum Gasteiger partial charge on any atom is 0.317 e. The highest BCUT2D eigenvalue weighted by Gasteiger charge is 2.23. The monoisotopic (exact) mass is 272 g/mol. The Morgan fingerprint density at radius 1 is 1.53 bits per heavy atom. The van der Waals surface area contributed by atoms with Crippen molar-refractivity contribution in [1.82, 2.24) is 10.2 Å². The van der Waals surface area contributed by atoms with Crippen LogP contribution in [0.2, 0.25) is 0 Å². The highest BCUT2D eigenvalue weighted by Crippen LogP contribution is 2.10. The lowest BCUT2D eigenvalue weighted by Gasteiger charge is -2.33. The number of urea groups is 1. The largest absolute Gasteiger partial charge is 0.378 e. The van der Waals surface area contributed by atoms with Gasteiger partial charge >= 0.3 is 6.03 Å². The second-order valence-corrected chi connectivity index (χ2v) is 5.38. The molecule has 0 aromatic carbocycles. The molecule has 0 radical (unpaired) electrons. The van der Waals surface area contributed by atoms with Gasteiger partial charge in [-0.15, -0.1) is 0 Å². The molecule has 2 amide bonds. The van der Waals surface area contributed by atoms with Crippen molar-refractivity contribution in [1.29, 1.82) is 0 Å². The smallest absolute Gasteiger partial charge is 0.317 e. The third kappa shape index (κ3) is 5.37. The van der Waals surface area contributed by atoms with Gasteiger partial charge in [-0.3, -0.25) is 0 Å². The van der Waals surface area contributed by atoms with E-state index in [2.05, 4.69) is 19.2 Å². The van der Waals surface area contributed by atoms with Crippen LogP contribution in [0.4, 0.5) is 4.79 Å². The van der Waals surface area contributed by atoms with Gasteiger partial charge in [0.25, 0.3) is 0 Å². The van der Waals surface area contributed by atoms with Gasteiger partial charge in [-0.1, -0.05) is 13.8 Å². The van der Waals surface area contributed by atoms with E-state index < -0.39 is 0 Å². The van der Waals surface area contributed by atoms with Crippen LogP contribution in [0.5, 0.6) is 0 Å². The topological polar surface area (TPSA) is 50.8 Å². The second kappa shape index (κ2) is 8.38. The molecule has 0 aromatic rings. The van der Waals surface area contributed by atoms with Crippen LogP contribution >= 0.6 is 0 Å². The number of amides is 2. The summed E-state index contributed by atoms with van der Waals surface area (Å²) in [6, 6.07) is 0.163. The van der Waals surface area contributed by atoms with E-state index in [0.29, 0.717) is 32.2 Å². The predicted octanol–water partition coefficient (Wildman–Crippen LogP) is 1.87. The van der Waals surface area contributed by atoms with E-state index in [1.54, 1.807) is 0 Å². The summed E-state index contributed by atoms with van der Waals surface area (Å²) < 4.78 is 11.0. The molecule has 1 saturated heterocycles. The summed E-state index contributed by atoms with van der Waals surface area (Å²) in [7, 11) is 0. The van der Waals surface area contributed by atoms with E-state index in [9.17, 15) is 4.79 Å². The summed E-state index contributed by atoms with van der Waals surface area (Å²) in [5.41, 5.74) is 0. The number of hydrogen-bond donors (Lipinski definition) is 1. The number of rotatable bonds is 6. The quantitative estimate of drug-likeness (QED) is 0.803. The van der Waals surface area contributed by atoms with Gasteiger partial charge in [0.2, 0.25) is 0 Å². The number of nitrogens with one attached hydrogen (secondary N) is 1. The van der Waals surface area contributed by atoms with Gasteiger partial charge in [-0.25, -0.2) is 4.79 Å². The first-order chi connectivity index (χ1) is 9.06. The summed E-state index contributed by atoms with van der Waals surface area (Å²) in [4.78, 5) is 13.9. The third-order valence-electron chi connectivity index (χ3n) is 3.46. The fourth-order valence-electron chi connectivity index (χ4n) is 2.27. The van der Waals surface area contributed by atoms with Gasteiger partial charge in [-0.05, 0) is 26.2 Å². The van der Waals surface area contributed by atoms with Gasteiger partial charge in [0.1, 0.15) is 0 Å². The molecular weight excluding hydrogens is 244 g/mol. The van der Waals surface area contributed by atoms with Crippen molar-refractivity contribution in [3.05, 3.63) is 0 Å². The van der Waals surface area contributed by atoms with Crippen LogP contribution < -0.4 is 5.32 Å². The van der Waals surface area contributed by atoms with Crippen molar-refractivity contribution in [3.8, 4) is 0 Å². The van der Waals surface area contributed by atoms with E-state index >= 15 is 0 Å². The molecule has 1 fully saturated rings. The van der Waals surface area contributed by atoms with Gasteiger partial charge in [0.05, 0.1) is 25.4 Å². The van der Waals surface area contributed by atoms with Crippen LogP contribution in [0.25, 0.3) is 0 Å². The maximum atomic E-state index is 12.0. The number of morpholine rings is 1. The van der Waals surface area contributed by atoms with Crippen molar-refractivity contribution in [2.24, 2.45) is 5.92 Å². The maximum absolute atomic E-state index is 12.0. The number of ether oxygens (including phenoxy) is 2. The Hall–Kier alpha value is -0.810. The molecule has 0 spiro atoms. The highest BCUT2D eigenvalue weighted by molar-refractivity contribution is 5.74. The summed E-state index contributed by atoms with van der Waals surface area (Å²) in [5.74, 6) is 0.471. The van der Waals surface area contributed by atoms with Crippen molar-refractivity contribution < 1.29 is 14.3 Å². The Morgan fingerprint density at radius 3 is 2.84 bits per heavy atom. The van der Waals surface area contributed by atoms with Crippen molar-refractivity contribution in [2.75, 3.05) is 32.9 Å². The van der Waals surface area contributed by atoms with Crippen LogP contribution in [-0.4, -0.2) is 56.0 Å². The molecule has 0 aromatic heterocycles. The summed E-state index contributed by atoms with van der Waals surface area (Å²) in [6.45, 7) is 11.6. The number of carbonyl (C=O) groups is 1. The van der Waals surface area contributed by atoms with Crippen LogP contribution in [0, 0.1) is 5.92 Å². The molecule has 19 heavy (non-hydrogen) atoms. The molecule has 112 valence electrons. The summed E-state index contributed by atoms with van der Waals surface area (Å²) >= 11 is 0. The summed E-state index contributed by atoms with van der Waals surface area (Å²) in [5, 5.41) is 2.98. The first-order valence-electron chi connectivity index (χ1n) is 7.30. The van der Waals surface area contributed by atoms with Crippen LogP contribution in [0.1, 0.15) is 34.1 Å². The van der Waals surface area contributed by atoms with Crippen LogP contribution in [0.15, 0.2) is 0 Å². The van der Waals surface area contributed by atoms with E-state index in [0.717, 1.165) is 13.0 Å². The predicted molar refractivity (Wildman–Crippen MR) is 75.3 cm³/mol. The number of nitrogens with zero attached hydrogens (tertiary/aromatic N) is 1. The van der Waals surface area contributed by atoms with Crippen molar-refractivity contribution in [3.63, 3.8) is 0 Å². The molecule has 1 rings (SSSR count). The first-order valence-corrected chi connectivity index (χ1v) is 7.30. The molecule has 5 heteroatoms. The molecule has 1 heterocycles. The van der Waals surface area contributed by atoms with E-state index in [1.165, 1.54) is 0 Å². The Morgan fingerprint density at radius 2 is 2.26 bits per heavy atom. The molecule has 1 aliphatic rings. The zero-order valence-electron chi connectivity index (χ0n) is 12.6. The Kier molecular flexibility index (Phi) is 7.16. The lowest BCUT2D eigenvalue weighted by atomic mass is 10.0. The van der Waals surface area contributed by atoms with Gasteiger partial charge in [0.15, 0.2) is 0 Å². The Labute approximate surface area is 116 Å². The lowest BCUT2D eigenvalue weighted by Crippen LogP contribution is -2.51. The fourth-order valence-corrected chi connectivity index (χ4v) is 2.27. The average Bonchev–Trinajstić information content (AvgIpc) is 2.37. The Bertz CT molecular complexity index is 271. The zero-order valence-corrected chi connectivity index (χ0v) is 12.6. The molecule has 5 nitrogen and oxygen atoms in total. The molecular formula is C14H28N2O3. The molecule has 0 unspecified atom stereocenters. The van der Waals surface area contributed by atoms with Crippen LogP contribution in [0.3, 0.4) is 0 Å². The number of hydrogen-bond acceptors (Lipinski definition) is 3. The van der Waals surface area contributed by atoms with Gasteiger partial charge < -0.3 is 19.7 Å². The number of carbonyl (C=O) groups excluding carboxylic acids is 1. The Balaban J connectivity index is 2.29. The van der Waals surface area contributed by atoms with Gasteiger partial charge in [-0.2, -0.15) is 0 Å². The average molecular weight is 272 g/mol. The molecule has 0 bridgehead atoms. The fraction of sp³-hybridized carbons (Fsp3) is 0.929. The third-order valence-corrected chi connectivity index (χ3v) is 3.46. The van der Waals surface area contributed by atoms with E-state index in [4.69, 9.17) is 9.47 Å². The molecule has 2 atom stereocenters. The zero-order chi connectivity index (χ0) is 14.3. The molecule has 1 aliphatic heterocycles. The SMILES string of the molecule is CCO[C@@H](CCNC(=O)N1CCOC[C@@H]1C)C(C)C. The summed E-state index contributed by atoms with van der Waals surface area (Å²) in [6.07, 6.45) is 1.07. The minimum atomic E-state index is 0.00908. The van der Waals surface area contributed by atoms with Crippen LogP contribution in [-0.2, 0) is 9.47 Å². The van der Waals surface area contributed by atoms with Crippen molar-refractivity contribution in [2.45, 2.75) is 46.3 Å². The van der Waals surface area contributed by atoms with Gasteiger partial charge in [0, 0.05) is 19.7 Å². The van der Waals surface area contributed by atoms with E-state index in [-0.39, 0.29) is 18.2 Å². The van der Waals surface area contributed by atoms with E-state index in [1.807, 2.05) is 18.7 Å². The molecule has 0 saturated carbocycles. The lowest BCUT2D eigenvalue weighted by molar-refractivity contribution is 0.0160. The standard InChI is InChI=1S/C14H28N2O3/c1-5-19-13(11(2)3)6-7-15-14(17)16-8-9-18-10-12(16)4/h11-13H,5-10H2,1-4H3,(H,15,17)/t12-,13-/m0/s1. The van der Waals surface area contributed by atoms with Crippen molar-refractivity contribution >= 4 is 6.03 Å². The molecule has 1 N–H and O–H groups in total. The minimum absolute atomic E-state index is 0.00908. The normalized spacial score (nSPS) is 21.5. The highest BCUT2D eigenvalue weighted by atomic mass is 16.5. The first kappa shape index (κ1) is 16.2. The minimum Gasteiger partial charge on any atom is -0.378 e. The second-order valence-electron chi connectivity index (χ2n) is 5.38. The molecule has 0 aliphatic carbocycles.